The highest BCUT2D eigenvalue weighted by molar-refractivity contribution is 6.05. The first-order valence-corrected chi connectivity index (χ1v) is 9.68. The van der Waals surface area contributed by atoms with Gasteiger partial charge in [0.2, 0.25) is 0 Å². The summed E-state index contributed by atoms with van der Waals surface area (Å²) in [7, 11) is 5.52. The zero-order valence-corrected chi connectivity index (χ0v) is 17.5. The van der Waals surface area contributed by atoms with E-state index in [-0.39, 0.29) is 5.91 Å². The van der Waals surface area contributed by atoms with Gasteiger partial charge in [-0.3, -0.25) is 4.79 Å². The normalized spacial score (nSPS) is 10.8. The second kappa shape index (κ2) is 7.91. The third-order valence-corrected chi connectivity index (χ3v) is 5.07. The molecule has 0 unspecified atom stereocenters. The summed E-state index contributed by atoms with van der Waals surface area (Å²) in [5, 5.41) is 2.97. The van der Waals surface area contributed by atoms with Crippen LogP contribution in [0.2, 0.25) is 0 Å². The molecule has 6 nitrogen and oxygen atoms in total. The van der Waals surface area contributed by atoms with Crippen LogP contribution in [-0.4, -0.2) is 36.5 Å². The summed E-state index contributed by atoms with van der Waals surface area (Å²) >= 11 is 0. The summed E-state index contributed by atoms with van der Waals surface area (Å²) in [6.45, 7) is 2.04. The van der Waals surface area contributed by atoms with Gasteiger partial charge in [-0.2, -0.15) is 0 Å². The first kappa shape index (κ1) is 19.5. The number of rotatable bonds is 5. The van der Waals surface area contributed by atoms with Gasteiger partial charge in [0, 0.05) is 43.3 Å². The molecule has 4 aromatic rings. The molecular formula is C24H24N4O2. The lowest BCUT2D eigenvalue weighted by Gasteiger charge is -2.14. The summed E-state index contributed by atoms with van der Waals surface area (Å²) in [6.07, 6.45) is 3.96. The van der Waals surface area contributed by atoms with E-state index in [1.165, 1.54) is 0 Å². The average Bonchev–Trinajstić information content (AvgIpc) is 3.19. The number of fused-ring (bicyclic) bond motifs is 1. The molecule has 0 spiro atoms. The third kappa shape index (κ3) is 3.72. The van der Waals surface area contributed by atoms with Crippen LogP contribution in [0.1, 0.15) is 15.9 Å². The number of amides is 1. The van der Waals surface area contributed by atoms with Crippen LogP contribution in [0, 0.1) is 6.92 Å². The summed E-state index contributed by atoms with van der Waals surface area (Å²) in [6, 6.07) is 17.2. The molecule has 0 atom stereocenters. The number of aromatic nitrogens is 2. The van der Waals surface area contributed by atoms with Gasteiger partial charge < -0.3 is 19.4 Å². The zero-order valence-electron chi connectivity index (χ0n) is 17.5. The summed E-state index contributed by atoms with van der Waals surface area (Å²) in [5.41, 5.74) is 5.96. The molecule has 6 heteroatoms. The SMILES string of the molecule is COc1ccc(-c2cn3cccc(C)c3n2)cc1NC(=O)c1ccc(N(C)C)cc1. The molecule has 2 aromatic carbocycles. The first-order chi connectivity index (χ1) is 14.5. The van der Waals surface area contributed by atoms with Gasteiger partial charge in [0.15, 0.2) is 0 Å². The van der Waals surface area contributed by atoms with E-state index in [9.17, 15) is 4.79 Å². The van der Waals surface area contributed by atoms with E-state index in [0.29, 0.717) is 17.0 Å². The minimum atomic E-state index is -0.193. The number of aryl methyl sites for hydroxylation is 1. The van der Waals surface area contributed by atoms with Gasteiger partial charge in [-0.05, 0) is 61.0 Å². The number of nitrogens with one attached hydrogen (secondary N) is 1. The van der Waals surface area contributed by atoms with Gasteiger partial charge in [0.25, 0.3) is 5.91 Å². The smallest absolute Gasteiger partial charge is 0.255 e. The van der Waals surface area contributed by atoms with Gasteiger partial charge in [-0.1, -0.05) is 6.07 Å². The molecule has 0 saturated heterocycles. The highest BCUT2D eigenvalue weighted by atomic mass is 16.5. The second-order valence-corrected chi connectivity index (χ2v) is 7.36. The number of anilines is 2. The van der Waals surface area contributed by atoms with Crippen LogP contribution in [0.25, 0.3) is 16.9 Å². The van der Waals surface area contributed by atoms with Crippen LogP contribution < -0.4 is 15.0 Å². The predicted molar refractivity (Wildman–Crippen MR) is 121 cm³/mol. The molecule has 0 bridgehead atoms. The molecule has 2 heterocycles. The Labute approximate surface area is 175 Å². The topological polar surface area (TPSA) is 58.9 Å². The molecule has 0 aliphatic heterocycles. The van der Waals surface area contributed by atoms with E-state index in [4.69, 9.17) is 9.72 Å². The van der Waals surface area contributed by atoms with E-state index in [0.717, 1.165) is 28.2 Å². The van der Waals surface area contributed by atoms with Crippen molar-refractivity contribution in [3.8, 4) is 17.0 Å². The molecule has 0 saturated carbocycles. The highest BCUT2D eigenvalue weighted by Crippen LogP contribution is 2.31. The van der Waals surface area contributed by atoms with E-state index >= 15 is 0 Å². The Balaban J connectivity index is 1.65. The van der Waals surface area contributed by atoms with Gasteiger partial charge in [0.05, 0.1) is 18.5 Å². The van der Waals surface area contributed by atoms with Crippen molar-refractivity contribution < 1.29 is 9.53 Å². The van der Waals surface area contributed by atoms with Gasteiger partial charge >= 0.3 is 0 Å². The van der Waals surface area contributed by atoms with E-state index < -0.39 is 0 Å². The summed E-state index contributed by atoms with van der Waals surface area (Å²) in [5.74, 6) is 0.401. The second-order valence-electron chi connectivity index (χ2n) is 7.36. The fourth-order valence-electron chi connectivity index (χ4n) is 3.36. The largest absolute Gasteiger partial charge is 0.495 e. The van der Waals surface area contributed by atoms with Crippen LogP contribution >= 0.6 is 0 Å². The monoisotopic (exact) mass is 400 g/mol. The van der Waals surface area contributed by atoms with Crippen molar-refractivity contribution in [3.63, 3.8) is 0 Å². The number of methoxy groups -OCH3 is 1. The Morgan fingerprint density at radius 1 is 1.10 bits per heavy atom. The van der Waals surface area contributed by atoms with Crippen LogP contribution in [0.5, 0.6) is 5.75 Å². The Kier molecular flexibility index (Phi) is 5.14. The number of hydrogen-bond acceptors (Lipinski definition) is 4. The fourth-order valence-corrected chi connectivity index (χ4v) is 3.36. The number of ether oxygens (including phenoxy) is 1. The lowest BCUT2D eigenvalue weighted by atomic mass is 10.1. The van der Waals surface area contributed by atoms with Crippen molar-refractivity contribution in [3.05, 3.63) is 78.1 Å². The molecule has 4 rings (SSSR count). The highest BCUT2D eigenvalue weighted by Gasteiger charge is 2.13. The Morgan fingerprint density at radius 2 is 1.87 bits per heavy atom. The lowest BCUT2D eigenvalue weighted by Crippen LogP contribution is -2.13. The van der Waals surface area contributed by atoms with E-state index in [2.05, 4.69) is 5.32 Å². The van der Waals surface area contributed by atoms with Crippen LogP contribution in [0.4, 0.5) is 11.4 Å². The minimum Gasteiger partial charge on any atom is -0.495 e. The number of nitrogens with zero attached hydrogens (tertiary/aromatic N) is 3. The van der Waals surface area contributed by atoms with E-state index in [1.807, 2.05) is 97.3 Å². The standard InChI is InChI=1S/C24H24N4O2/c1-16-6-5-13-28-15-21(25-23(16)28)18-9-12-22(30-4)20(14-18)26-24(29)17-7-10-19(11-8-17)27(2)3/h5-15H,1-4H3,(H,26,29). The molecule has 1 amide bonds. The number of pyridine rings is 1. The number of imidazole rings is 1. The predicted octanol–water partition coefficient (Wildman–Crippen LogP) is 4.64. The van der Waals surface area contributed by atoms with Crippen LogP contribution in [0.3, 0.4) is 0 Å². The fraction of sp³-hybridized carbons (Fsp3) is 0.167. The number of benzene rings is 2. The van der Waals surface area contributed by atoms with Crippen molar-refractivity contribution in [1.29, 1.82) is 0 Å². The number of carbonyl (C=O) groups is 1. The summed E-state index contributed by atoms with van der Waals surface area (Å²) in [4.78, 5) is 19.5. The molecule has 0 radical (unpaired) electrons. The van der Waals surface area contributed by atoms with Crippen molar-refractivity contribution >= 4 is 22.9 Å². The van der Waals surface area contributed by atoms with Crippen LogP contribution in [-0.2, 0) is 0 Å². The molecule has 0 aliphatic rings. The minimum absolute atomic E-state index is 0.193. The van der Waals surface area contributed by atoms with Crippen molar-refractivity contribution in [1.82, 2.24) is 9.38 Å². The molecule has 30 heavy (non-hydrogen) atoms. The molecule has 2 aromatic heterocycles. The van der Waals surface area contributed by atoms with Gasteiger partial charge in [-0.15, -0.1) is 0 Å². The lowest BCUT2D eigenvalue weighted by molar-refractivity contribution is 0.102. The van der Waals surface area contributed by atoms with Crippen molar-refractivity contribution in [2.45, 2.75) is 6.92 Å². The molecule has 0 aliphatic carbocycles. The van der Waals surface area contributed by atoms with Gasteiger partial charge in [-0.25, -0.2) is 4.98 Å². The maximum absolute atomic E-state index is 12.8. The Bertz CT molecular complexity index is 1210. The maximum atomic E-state index is 12.8. The van der Waals surface area contributed by atoms with Crippen molar-refractivity contribution in [2.24, 2.45) is 0 Å². The molecule has 1 N–H and O–H groups in total. The van der Waals surface area contributed by atoms with Crippen molar-refractivity contribution in [2.75, 3.05) is 31.4 Å². The quantitative estimate of drug-likeness (QED) is 0.530. The average molecular weight is 400 g/mol. The Morgan fingerprint density at radius 3 is 2.53 bits per heavy atom. The maximum Gasteiger partial charge on any atom is 0.255 e. The third-order valence-electron chi connectivity index (χ3n) is 5.07. The van der Waals surface area contributed by atoms with Gasteiger partial charge in [0.1, 0.15) is 11.4 Å². The molecular weight excluding hydrogens is 376 g/mol. The Hall–Kier alpha value is -3.80. The van der Waals surface area contributed by atoms with Crippen LogP contribution in [0.15, 0.2) is 67.0 Å². The first-order valence-electron chi connectivity index (χ1n) is 9.68. The number of hydrogen-bond donors (Lipinski definition) is 1. The molecule has 0 fully saturated rings. The zero-order chi connectivity index (χ0) is 21.3. The molecule has 152 valence electrons. The summed E-state index contributed by atoms with van der Waals surface area (Å²) < 4.78 is 7.45. The number of carbonyl (C=O) groups excluding carboxylic acids is 1. The van der Waals surface area contributed by atoms with E-state index in [1.54, 1.807) is 7.11 Å².